The lowest BCUT2D eigenvalue weighted by molar-refractivity contribution is 0.102. The Balaban J connectivity index is 1.43. The predicted molar refractivity (Wildman–Crippen MR) is 112 cm³/mol. The normalized spacial score (nSPS) is 10.4. The lowest BCUT2D eigenvalue weighted by atomic mass is 10.1. The summed E-state index contributed by atoms with van der Waals surface area (Å²) >= 11 is 0. The fraction of sp³-hybridized carbons (Fsp3) is 0. The molecule has 1 amide bonds. The number of rotatable bonds is 5. The fourth-order valence-corrected chi connectivity index (χ4v) is 2.78. The lowest BCUT2D eigenvalue weighted by Gasteiger charge is -2.09. The van der Waals surface area contributed by atoms with E-state index >= 15 is 0 Å². The molecular formula is C23H17FN4O. The SMILES string of the molecule is O=C(Nc1ccc(Nc2cc(-c3ccccc3)ncn2)cc1)c1ccc(F)cc1. The van der Waals surface area contributed by atoms with E-state index in [0.29, 0.717) is 17.1 Å². The number of carbonyl (C=O) groups excluding carboxylic acids is 1. The van der Waals surface area contributed by atoms with Gasteiger partial charge in [0.05, 0.1) is 5.69 Å². The number of benzene rings is 3. The summed E-state index contributed by atoms with van der Waals surface area (Å²) in [5.41, 5.74) is 3.69. The molecule has 29 heavy (non-hydrogen) atoms. The second kappa shape index (κ2) is 8.31. The number of hydrogen-bond donors (Lipinski definition) is 2. The molecular weight excluding hydrogens is 367 g/mol. The zero-order valence-electron chi connectivity index (χ0n) is 15.3. The zero-order valence-corrected chi connectivity index (χ0v) is 15.3. The summed E-state index contributed by atoms with van der Waals surface area (Å²) in [5, 5.41) is 6.01. The first-order valence-electron chi connectivity index (χ1n) is 8.99. The summed E-state index contributed by atoms with van der Waals surface area (Å²) in [4.78, 5) is 20.8. The topological polar surface area (TPSA) is 66.9 Å². The first-order valence-corrected chi connectivity index (χ1v) is 8.99. The van der Waals surface area contributed by atoms with Crippen LogP contribution in [0.15, 0.2) is 91.3 Å². The molecule has 2 N–H and O–H groups in total. The summed E-state index contributed by atoms with van der Waals surface area (Å²) in [7, 11) is 0. The van der Waals surface area contributed by atoms with Gasteiger partial charge in [0.15, 0.2) is 0 Å². The average Bonchev–Trinajstić information content (AvgIpc) is 2.76. The van der Waals surface area contributed by atoms with Gasteiger partial charge in [0, 0.05) is 28.6 Å². The van der Waals surface area contributed by atoms with E-state index in [2.05, 4.69) is 20.6 Å². The third kappa shape index (κ3) is 4.62. The van der Waals surface area contributed by atoms with Gasteiger partial charge in [0.2, 0.25) is 0 Å². The van der Waals surface area contributed by atoms with Crippen molar-refractivity contribution in [2.45, 2.75) is 0 Å². The molecule has 0 fully saturated rings. The maximum absolute atomic E-state index is 13.0. The Morgan fingerprint density at radius 3 is 2.21 bits per heavy atom. The van der Waals surface area contributed by atoms with Crippen LogP contribution in [-0.4, -0.2) is 15.9 Å². The Morgan fingerprint density at radius 2 is 1.48 bits per heavy atom. The predicted octanol–water partition coefficient (Wildman–Crippen LogP) is 5.28. The van der Waals surface area contributed by atoms with Crippen molar-refractivity contribution >= 4 is 23.1 Å². The molecule has 4 aromatic rings. The van der Waals surface area contributed by atoms with E-state index in [0.717, 1.165) is 16.9 Å². The van der Waals surface area contributed by atoms with E-state index < -0.39 is 0 Å². The molecule has 142 valence electrons. The highest BCUT2D eigenvalue weighted by molar-refractivity contribution is 6.04. The largest absolute Gasteiger partial charge is 0.340 e. The van der Waals surface area contributed by atoms with Gasteiger partial charge in [-0.15, -0.1) is 0 Å². The van der Waals surface area contributed by atoms with E-state index in [1.165, 1.54) is 30.6 Å². The summed E-state index contributed by atoms with van der Waals surface area (Å²) in [6.45, 7) is 0. The Morgan fingerprint density at radius 1 is 0.793 bits per heavy atom. The standard InChI is InChI=1S/C23H17FN4O/c24-18-8-6-17(7-9-18)23(29)28-20-12-10-19(11-13-20)27-22-14-21(25-15-26-22)16-4-2-1-3-5-16/h1-15H,(H,28,29)(H,25,26,27). The summed E-state index contributed by atoms with van der Waals surface area (Å²) < 4.78 is 13.0. The second-order valence-electron chi connectivity index (χ2n) is 6.32. The number of halogens is 1. The van der Waals surface area contributed by atoms with Gasteiger partial charge in [0.25, 0.3) is 5.91 Å². The van der Waals surface area contributed by atoms with Crippen LogP contribution in [0.2, 0.25) is 0 Å². The number of carbonyl (C=O) groups is 1. The van der Waals surface area contributed by atoms with Crippen LogP contribution in [0.1, 0.15) is 10.4 Å². The molecule has 1 heterocycles. The van der Waals surface area contributed by atoms with Gasteiger partial charge in [-0.3, -0.25) is 4.79 Å². The molecule has 0 spiro atoms. The quantitative estimate of drug-likeness (QED) is 0.491. The minimum Gasteiger partial charge on any atom is -0.340 e. The van der Waals surface area contributed by atoms with Crippen LogP contribution in [0.25, 0.3) is 11.3 Å². The van der Waals surface area contributed by atoms with Crippen molar-refractivity contribution in [1.82, 2.24) is 9.97 Å². The molecule has 0 aliphatic carbocycles. The molecule has 6 heteroatoms. The van der Waals surface area contributed by atoms with Crippen molar-refractivity contribution in [2.75, 3.05) is 10.6 Å². The molecule has 3 aromatic carbocycles. The van der Waals surface area contributed by atoms with Crippen LogP contribution in [0.3, 0.4) is 0 Å². The molecule has 0 saturated heterocycles. The van der Waals surface area contributed by atoms with Gasteiger partial charge in [-0.1, -0.05) is 30.3 Å². The first-order chi connectivity index (χ1) is 14.2. The van der Waals surface area contributed by atoms with Crippen molar-refractivity contribution in [3.05, 3.63) is 103 Å². The second-order valence-corrected chi connectivity index (χ2v) is 6.32. The van der Waals surface area contributed by atoms with Crippen molar-refractivity contribution in [3.8, 4) is 11.3 Å². The molecule has 0 atom stereocenters. The number of nitrogens with one attached hydrogen (secondary N) is 2. The van der Waals surface area contributed by atoms with Crippen molar-refractivity contribution in [1.29, 1.82) is 0 Å². The Kier molecular flexibility index (Phi) is 5.25. The van der Waals surface area contributed by atoms with Crippen LogP contribution in [0.5, 0.6) is 0 Å². The Hall–Kier alpha value is -4.06. The average molecular weight is 384 g/mol. The van der Waals surface area contributed by atoms with Crippen LogP contribution in [0, 0.1) is 5.82 Å². The molecule has 0 aliphatic rings. The number of nitrogens with zero attached hydrogens (tertiary/aromatic N) is 2. The maximum Gasteiger partial charge on any atom is 0.255 e. The van der Waals surface area contributed by atoms with Gasteiger partial charge in [0.1, 0.15) is 18.0 Å². The van der Waals surface area contributed by atoms with E-state index in [-0.39, 0.29) is 11.7 Å². The zero-order chi connectivity index (χ0) is 20.1. The molecule has 0 radical (unpaired) electrons. The molecule has 5 nitrogen and oxygen atoms in total. The number of anilines is 3. The van der Waals surface area contributed by atoms with Gasteiger partial charge in [-0.2, -0.15) is 0 Å². The number of amides is 1. The van der Waals surface area contributed by atoms with E-state index in [1.54, 1.807) is 12.1 Å². The summed E-state index contributed by atoms with van der Waals surface area (Å²) in [6, 6.07) is 24.4. The number of hydrogen-bond acceptors (Lipinski definition) is 4. The van der Waals surface area contributed by atoms with Gasteiger partial charge in [-0.05, 0) is 48.5 Å². The highest BCUT2D eigenvalue weighted by Gasteiger charge is 2.07. The van der Waals surface area contributed by atoms with Crippen LogP contribution in [-0.2, 0) is 0 Å². The summed E-state index contributed by atoms with van der Waals surface area (Å²) in [6.07, 6.45) is 1.52. The van der Waals surface area contributed by atoms with Gasteiger partial charge < -0.3 is 10.6 Å². The minimum atomic E-state index is -0.378. The van der Waals surface area contributed by atoms with Gasteiger partial charge in [-0.25, -0.2) is 14.4 Å². The fourth-order valence-electron chi connectivity index (χ4n) is 2.78. The molecule has 4 rings (SSSR count). The third-order valence-electron chi connectivity index (χ3n) is 4.26. The van der Waals surface area contributed by atoms with Crippen LogP contribution < -0.4 is 10.6 Å². The maximum atomic E-state index is 13.0. The molecule has 1 aromatic heterocycles. The highest BCUT2D eigenvalue weighted by Crippen LogP contribution is 2.22. The molecule has 0 aliphatic heterocycles. The van der Waals surface area contributed by atoms with E-state index in [1.807, 2.05) is 48.5 Å². The Bertz CT molecular complexity index is 1110. The van der Waals surface area contributed by atoms with E-state index in [4.69, 9.17) is 0 Å². The third-order valence-corrected chi connectivity index (χ3v) is 4.26. The highest BCUT2D eigenvalue weighted by atomic mass is 19.1. The smallest absolute Gasteiger partial charge is 0.255 e. The van der Waals surface area contributed by atoms with Crippen molar-refractivity contribution < 1.29 is 9.18 Å². The number of aromatic nitrogens is 2. The van der Waals surface area contributed by atoms with Crippen molar-refractivity contribution in [3.63, 3.8) is 0 Å². The monoisotopic (exact) mass is 384 g/mol. The summed E-state index contributed by atoms with van der Waals surface area (Å²) in [5.74, 6) is -0.00640. The Labute approximate surface area is 167 Å². The van der Waals surface area contributed by atoms with E-state index in [9.17, 15) is 9.18 Å². The first kappa shape index (κ1) is 18.3. The molecule has 0 bridgehead atoms. The minimum absolute atomic E-state index is 0.297. The molecule has 0 saturated carbocycles. The van der Waals surface area contributed by atoms with Crippen LogP contribution in [0.4, 0.5) is 21.6 Å². The van der Waals surface area contributed by atoms with Gasteiger partial charge >= 0.3 is 0 Å². The van der Waals surface area contributed by atoms with Crippen LogP contribution >= 0.6 is 0 Å². The molecule has 0 unspecified atom stereocenters. The lowest BCUT2D eigenvalue weighted by Crippen LogP contribution is -2.11. The van der Waals surface area contributed by atoms with Crippen molar-refractivity contribution in [2.24, 2.45) is 0 Å².